The Hall–Kier alpha value is -3.66. The van der Waals surface area contributed by atoms with Crippen molar-refractivity contribution in [2.75, 3.05) is 6.54 Å². The summed E-state index contributed by atoms with van der Waals surface area (Å²) in [5, 5.41) is 9.42. The monoisotopic (exact) mass is 401 g/mol. The fourth-order valence-corrected chi connectivity index (χ4v) is 3.89. The number of amides is 1. The summed E-state index contributed by atoms with van der Waals surface area (Å²) in [4.78, 5) is 27.9. The Morgan fingerprint density at radius 3 is 2.73 bits per heavy atom. The summed E-state index contributed by atoms with van der Waals surface area (Å²) in [7, 11) is 0. The molecule has 1 fully saturated rings. The van der Waals surface area contributed by atoms with E-state index in [4.69, 9.17) is 0 Å². The van der Waals surface area contributed by atoms with Crippen LogP contribution in [0.25, 0.3) is 11.4 Å². The van der Waals surface area contributed by atoms with Crippen molar-refractivity contribution in [2.45, 2.75) is 25.3 Å². The summed E-state index contributed by atoms with van der Waals surface area (Å²) < 4.78 is 13.3. The molecule has 1 amide bonds. The van der Waals surface area contributed by atoms with Gasteiger partial charge in [-0.1, -0.05) is 12.1 Å². The van der Waals surface area contributed by atoms with Crippen LogP contribution in [-0.2, 0) is 6.42 Å². The number of halogens is 1. The SMILES string of the molecule is N#CC1CCN(C(=O)c2cccnc2-c2ccncn2)C(Cc2ccc(F)cc2)C1. The molecule has 2 unspecified atom stereocenters. The maximum absolute atomic E-state index is 13.5. The lowest BCUT2D eigenvalue weighted by atomic mass is 9.88. The Morgan fingerprint density at radius 2 is 2.00 bits per heavy atom. The molecule has 1 aromatic carbocycles. The van der Waals surface area contributed by atoms with E-state index in [1.54, 1.807) is 42.7 Å². The molecule has 0 saturated carbocycles. The normalized spacial score (nSPS) is 18.6. The number of aromatic nitrogens is 3. The van der Waals surface area contributed by atoms with Crippen LogP contribution in [-0.4, -0.2) is 38.3 Å². The van der Waals surface area contributed by atoms with Gasteiger partial charge in [-0.05, 0) is 55.2 Å². The zero-order chi connectivity index (χ0) is 20.9. The van der Waals surface area contributed by atoms with Gasteiger partial charge in [-0.2, -0.15) is 5.26 Å². The zero-order valence-corrected chi connectivity index (χ0v) is 16.3. The highest BCUT2D eigenvalue weighted by Gasteiger charge is 2.33. The molecule has 4 rings (SSSR count). The van der Waals surface area contributed by atoms with Gasteiger partial charge in [0.15, 0.2) is 0 Å². The molecule has 0 spiro atoms. The van der Waals surface area contributed by atoms with Gasteiger partial charge in [0.2, 0.25) is 0 Å². The first-order valence-corrected chi connectivity index (χ1v) is 9.82. The minimum absolute atomic E-state index is 0.102. The molecule has 0 aliphatic carbocycles. The number of carbonyl (C=O) groups is 1. The Bertz CT molecular complexity index is 1060. The first-order valence-electron chi connectivity index (χ1n) is 9.82. The number of hydrogen-bond donors (Lipinski definition) is 0. The number of hydrogen-bond acceptors (Lipinski definition) is 5. The summed E-state index contributed by atoms with van der Waals surface area (Å²) >= 11 is 0. The quantitative estimate of drug-likeness (QED) is 0.666. The molecule has 2 aromatic heterocycles. The summed E-state index contributed by atoms with van der Waals surface area (Å²) in [6.45, 7) is 0.487. The maximum Gasteiger partial charge on any atom is 0.256 e. The van der Waals surface area contributed by atoms with Crippen LogP contribution in [0.15, 0.2) is 61.2 Å². The molecule has 30 heavy (non-hydrogen) atoms. The van der Waals surface area contributed by atoms with Crippen molar-refractivity contribution in [3.05, 3.63) is 78.1 Å². The molecule has 1 saturated heterocycles. The molecule has 1 aliphatic heterocycles. The number of benzene rings is 1. The number of likely N-dealkylation sites (tertiary alicyclic amines) is 1. The molecule has 3 heterocycles. The van der Waals surface area contributed by atoms with Crippen LogP contribution in [0, 0.1) is 23.1 Å². The first-order chi connectivity index (χ1) is 14.7. The second-order valence-electron chi connectivity index (χ2n) is 7.33. The van der Waals surface area contributed by atoms with Crippen LogP contribution in [0.1, 0.15) is 28.8 Å². The fraction of sp³-hybridized carbons (Fsp3) is 0.261. The Kier molecular flexibility index (Phi) is 5.75. The molecule has 7 heteroatoms. The molecule has 3 aromatic rings. The van der Waals surface area contributed by atoms with Crippen molar-refractivity contribution >= 4 is 5.91 Å². The minimum atomic E-state index is -0.296. The van der Waals surface area contributed by atoms with Gasteiger partial charge in [0.05, 0.1) is 17.3 Å². The van der Waals surface area contributed by atoms with Crippen LogP contribution in [0.2, 0.25) is 0 Å². The van der Waals surface area contributed by atoms with E-state index < -0.39 is 0 Å². The van der Waals surface area contributed by atoms with Crippen LogP contribution < -0.4 is 0 Å². The lowest BCUT2D eigenvalue weighted by molar-refractivity contribution is 0.0581. The summed E-state index contributed by atoms with van der Waals surface area (Å²) in [5.74, 6) is -0.537. The Balaban J connectivity index is 1.65. The maximum atomic E-state index is 13.5. The minimum Gasteiger partial charge on any atom is -0.335 e. The smallest absolute Gasteiger partial charge is 0.256 e. The van der Waals surface area contributed by atoms with Crippen molar-refractivity contribution in [3.8, 4) is 17.5 Å². The number of nitrogens with zero attached hydrogens (tertiary/aromatic N) is 5. The largest absolute Gasteiger partial charge is 0.335 e. The summed E-state index contributed by atoms with van der Waals surface area (Å²) in [5.41, 5.74) is 2.49. The van der Waals surface area contributed by atoms with Crippen molar-refractivity contribution in [2.24, 2.45) is 5.92 Å². The summed E-state index contributed by atoms with van der Waals surface area (Å²) in [6, 6.07) is 13.7. The number of piperidine rings is 1. The first kappa shape index (κ1) is 19.6. The highest BCUT2D eigenvalue weighted by atomic mass is 19.1. The zero-order valence-electron chi connectivity index (χ0n) is 16.3. The van der Waals surface area contributed by atoms with E-state index in [1.807, 2.05) is 4.90 Å². The third-order valence-electron chi connectivity index (χ3n) is 5.41. The third-order valence-corrected chi connectivity index (χ3v) is 5.41. The van der Waals surface area contributed by atoms with E-state index in [0.717, 1.165) is 5.56 Å². The number of carbonyl (C=O) groups excluding carboxylic acids is 1. The Morgan fingerprint density at radius 1 is 1.17 bits per heavy atom. The fourth-order valence-electron chi connectivity index (χ4n) is 3.89. The van der Waals surface area contributed by atoms with Crippen molar-refractivity contribution in [1.82, 2.24) is 19.9 Å². The van der Waals surface area contributed by atoms with Gasteiger partial charge in [0.25, 0.3) is 5.91 Å². The van der Waals surface area contributed by atoms with E-state index in [-0.39, 0.29) is 23.7 Å². The predicted molar refractivity (Wildman–Crippen MR) is 109 cm³/mol. The van der Waals surface area contributed by atoms with Gasteiger partial charge in [0.1, 0.15) is 17.8 Å². The van der Waals surface area contributed by atoms with Crippen molar-refractivity contribution in [3.63, 3.8) is 0 Å². The average Bonchev–Trinajstić information content (AvgIpc) is 2.80. The molecule has 0 bridgehead atoms. The lowest BCUT2D eigenvalue weighted by Gasteiger charge is -2.38. The van der Waals surface area contributed by atoms with E-state index >= 15 is 0 Å². The van der Waals surface area contributed by atoms with Gasteiger partial charge in [-0.3, -0.25) is 9.78 Å². The van der Waals surface area contributed by atoms with E-state index in [9.17, 15) is 14.4 Å². The van der Waals surface area contributed by atoms with Crippen molar-refractivity contribution < 1.29 is 9.18 Å². The van der Waals surface area contributed by atoms with E-state index in [2.05, 4.69) is 21.0 Å². The molecular formula is C23H20FN5O. The Labute approximate surface area is 174 Å². The van der Waals surface area contributed by atoms with Gasteiger partial charge in [-0.25, -0.2) is 14.4 Å². The van der Waals surface area contributed by atoms with Crippen LogP contribution in [0.4, 0.5) is 4.39 Å². The molecule has 0 radical (unpaired) electrons. The molecule has 6 nitrogen and oxygen atoms in total. The standard InChI is InChI=1S/C23H20FN5O/c24-18-5-3-16(4-6-18)12-19-13-17(14-25)8-11-29(19)23(30)20-2-1-9-27-22(20)21-7-10-26-15-28-21/h1-7,9-10,15,17,19H,8,11-13H2. The second kappa shape index (κ2) is 8.78. The topological polar surface area (TPSA) is 82.8 Å². The molecule has 150 valence electrons. The van der Waals surface area contributed by atoms with Gasteiger partial charge in [0, 0.05) is 30.9 Å². The van der Waals surface area contributed by atoms with Gasteiger partial charge < -0.3 is 4.90 Å². The third kappa shape index (κ3) is 4.18. The summed E-state index contributed by atoms with van der Waals surface area (Å²) in [6.07, 6.45) is 6.45. The van der Waals surface area contributed by atoms with Crippen LogP contribution in [0.5, 0.6) is 0 Å². The molecule has 1 aliphatic rings. The van der Waals surface area contributed by atoms with Crippen LogP contribution >= 0.6 is 0 Å². The molecular weight excluding hydrogens is 381 g/mol. The average molecular weight is 401 g/mol. The number of nitriles is 1. The van der Waals surface area contributed by atoms with Gasteiger partial charge in [-0.15, -0.1) is 0 Å². The number of pyridine rings is 1. The highest BCUT2D eigenvalue weighted by Crippen LogP contribution is 2.29. The van der Waals surface area contributed by atoms with E-state index in [1.165, 1.54) is 18.5 Å². The number of rotatable bonds is 4. The van der Waals surface area contributed by atoms with Gasteiger partial charge >= 0.3 is 0 Å². The highest BCUT2D eigenvalue weighted by molar-refractivity contribution is 5.99. The molecule has 2 atom stereocenters. The van der Waals surface area contributed by atoms with Crippen LogP contribution in [0.3, 0.4) is 0 Å². The second-order valence-corrected chi connectivity index (χ2v) is 7.33. The molecule has 0 N–H and O–H groups in total. The lowest BCUT2D eigenvalue weighted by Crippen LogP contribution is -2.47. The van der Waals surface area contributed by atoms with E-state index in [0.29, 0.717) is 42.8 Å². The van der Waals surface area contributed by atoms with Crippen molar-refractivity contribution in [1.29, 1.82) is 5.26 Å². The predicted octanol–water partition coefficient (Wildman–Crippen LogP) is 3.66.